The van der Waals surface area contributed by atoms with E-state index in [0.29, 0.717) is 0 Å². The summed E-state index contributed by atoms with van der Waals surface area (Å²) in [7, 11) is -1.18. The third-order valence-electron chi connectivity index (χ3n) is 6.94. The molecule has 4 fully saturated rings. The van der Waals surface area contributed by atoms with Gasteiger partial charge in [-0.25, -0.2) is 0 Å². The molecule has 0 aromatic carbocycles. The molecular weight excluding hydrogens is 258 g/mol. The van der Waals surface area contributed by atoms with E-state index in [1.54, 1.807) is 12.8 Å². The lowest BCUT2D eigenvalue weighted by Gasteiger charge is -2.43. The van der Waals surface area contributed by atoms with Crippen molar-refractivity contribution in [1.82, 2.24) is 4.57 Å². The second-order valence-electron chi connectivity index (χ2n) is 8.97. The van der Waals surface area contributed by atoms with Gasteiger partial charge in [0.1, 0.15) is 8.24 Å². The lowest BCUT2D eigenvalue weighted by molar-refractivity contribution is 0.158. The van der Waals surface area contributed by atoms with Crippen molar-refractivity contribution in [1.29, 1.82) is 0 Å². The summed E-state index contributed by atoms with van der Waals surface area (Å²) in [6, 6.07) is 1.84. The number of nitrogens with zero attached hydrogens (tertiary/aromatic N) is 1. The van der Waals surface area contributed by atoms with Crippen LogP contribution in [0.3, 0.4) is 0 Å². The third kappa shape index (κ3) is 1.97. The molecule has 113 valence electrons. The maximum Gasteiger partial charge on any atom is 0.119 e. The van der Waals surface area contributed by atoms with Crippen LogP contribution in [0.1, 0.15) is 51.4 Å². The van der Waals surface area contributed by atoms with Crippen LogP contribution in [0.15, 0.2) is 0 Å². The van der Waals surface area contributed by atoms with Gasteiger partial charge in [0.25, 0.3) is 0 Å². The smallest absolute Gasteiger partial charge is 0.119 e. The average Bonchev–Trinajstić information content (AvgIpc) is 2.90. The minimum absolute atomic E-state index is 0.878. The molecule has 0 aromatic rings. The highest BCUT2D eigenvalue weighted by molar-refractivity contribution is 6.73. The first-order valence-corrected chi connectivity index (χ1v) is 12.7. The highest BCUT2D eigenvalue weighted by Gasteiger charge is 2.59. The Morgan fingerprint density at radius 2 is 1.50 bits per heavy atom. The molecule has 3 saturated carbocycles. The maximum atomic E-state index is 3.10. The Labute approximate surface area is 126 Å². The van der Waals surface area contributed by atoms with Crippen LogP contribution in [0.25, 0.3) is 0 Å². The van der Waals surface area contributed by atoms with Gasteiger partial charge in [-0.3, -0.25) is 0 Å². The fourth-order valence-electron chi connectivity index (χ4n) is 6.49. The predicted octanol–water partition coefficient (Wildman–Crippen LogP) is 4.70. The summed E-state index contributed by atoms with van der Waals surface area (Å²) in [6.07, 6.45) is 15.0. The average molecular weight is 291 g/mol. The molecule has 6 atom stereocenters. The molecule has 6 unspecified atom stereocenters. The van der Waals surface area contributed by atoms with Crippen LogP contribution in [0.5, 0.6) is 0 Å². The fraction of sp³-hybridized carbons (Fsp3) is 0.944. The number of hydrogen-bond acceptors (Lipinski definition) is 1. The Kier molecular flexibility index (Phi) is 3.34. The molecule has 1 radical (unpaired) electrons. The Bertz CT molecular complexity index is 374. The molecule has 1 heterocycles. The van der Waals surface area contributed by atoms with E-state index in [1.165, 1.54) is 38.5 Å². The van der Waals surface area contributed by atoms with Crippen molar-refractivity contribution in [2.75, 3.05) is 0 Å². The van der Waals surface area contributed by atoms with Crippen molar-refractivity contribution in [3.8, 4) is 0 Å². The summed E-state index contributed by atoms with van der Waals surface area (Å²) in [6.45, 7) is 7.78. The van der Waals surface area contributed by atoms with E-state index < -0.39 is 8.24 Å². The molecule has 2 heteroatoms. The summed E-state index contributed by atoms with van der Waals surface area (Å²) in [5, 5.41) is 0. The molecular formula is C18H32NSi. The second-order valence-corrected chi connectivity index (χ2v) is 13.8. The van der Waals surface area contributed by atoms with Gasteiger partial charge in [0, 0.05) is 12.1 Å². The van der Waals surface area contributed by atoms with Gasteiger partial charge < -0.3 is 4.57 Å². The van der Waals surface area contributed by atoms with Crippen LogP contribution < -0.4 is 0 Å². The number of hydrogen-bond donors (Lipinski definition) is 0. The van der Waals surface area contributed by atoms with E-state index in [2.05, 4.69) is 30.6 Å². The zero-order valence-electron chi connectivity index (χ0n) is 13.6. The second kappa shape index (κ2) is 4.84. The van der Waals surface area contributed by atoms with Gasteiger partial charge >= 0.3 is 0 Å². The molecule has 1 nitrogen and oxygen atoms in total. The lowest BCUT2D eigenvalue weighted by atomic mass is 9.70. The molecule has 0 bridgehead atoms. The molecule has 4 rings (SSSR count). The quantitative estimate of drug-likeness (QED) is 0.632. The van der Waals surface area contributed by atoms with Gasteiger partial charge in [0.15, 0.2) is 0 Å². The fourth-order valence-corrected chi connectivity index (χ4v) is 8.96. The molecule has 1 saturated heterocycles. The van der Waals surface area contributed by atoms with Crippen LogP contribution in [0.2, 0.25) is 19.6 Å². The molecule has 20 heavy (non-hydrogen) atoms. The normalized spacial score (nSPS) is 48.8. The third-order valence-corrected chi connectivity index (χ3v) is 9.12. The van der Waals surface area contributed by atoms with Crippen molar-refractivity contribution in [3.05, 3.63) is 6.42 Å². The van der Waals surface area contributed by atoms with Crippen LogP contribution in [0, 0.1) is 30.1 Å². The standard InChI is InChI=1S/C18H32NSi/c1-20(2,3)19-16-11-7-6-10-15(16)18-14-9-5-4-8-13(14)12-17(18)19/h12-18H,4-11H2,1-3H3. The zero-order valence-corrected chi connectivity index (χ0v) is 14.6. The zero-order chi connectivity index (χ0) is 13.9. The van der Waals surface area contributed by atoms with E-state index in [-0.39, 0.29) is 0 Å². The van der Waals surface area contributed by atoms with Gasteiger partial charge in [0.05, 0.1) is 0 Å². The van der Waals surface area contributed by atoms with Crippen LogP contribution >= 0.6 is 0 Å². The molecule has 0 spiro atoms. The Balaban J connectivity index is 1.68. The first-order chi connectivity index (χ1) is 9.57. The summed E-state index contributed by atoms with van der Waals surface area (Å²) < 4.78 is 3.10. The number of fused-ring (bicyclic) bond motifs is 5. The summed E-state index contributed by atoms with van der Waals surface area (Å²) >= 11 is 0. The molecule has 3 aliphatic carbocycles. The van der Waals surface area contributed by atoms with Gasteiger partial charge in [-0.1, -0.05) is 45.3 Å². The Hall–Kier alpha value is 0.177. The molecule has 0 aromatic heterocycles. The van der Waals surface area contributed by atoms with Crippen molar-refractivity contribution in [3.63, 3.8) is 0 Å². The van der Waals surface area contributed by atoms with Crippen molar-refractivity contribution in [2.24, 2.45) is 23.7 Å². The Morgan fingerprint density at radius 3 is 2.25 bits per heavy atom. The minimum atomic E-state index is -1.18. The van der Waals surface area contributed by atoms with Gasteiger partial charge in [-0.15, -0.1) is 0 Å². The van der Waals surface area contributed by atoms with Crippen molar-refractivity contribution >= 4 is 8.24 Å². The van der Waals surface area contributed by atoms with Crippen LogP contribution in [-0.4, -0.2) is 24.9 Å². The summed E-state index contributed by atoms with van der Waals surface area (Å²) in [5.41, 5.74) is 0. The molecule has 0 amide bonds. The van der Waals surface area contributed by atoms with E-state index >= 15 is 0 Å². The van der Waals surface area contributed by atoms with Gasteiger partial charge in [-0.2, -0.15) is 0 Å². The topological polar surface area (TPSA) is 3.24 Å². The van der Waals surface area contributed by atoms with Gasteiger partial charge in [-0.05, 0) is 55.8 Å². The molecule has 1 aliphatic heterocycles. The van der Waals surface area contributed by atoms with E-state index in [0.717, 1.165) is 35.8 Å². The highest BCUT2D eigenvalue weighted by Crippen LogP contribution is 2.58. The van der Waals surface area contributed by atoms with Crippen molar-refractivity contribution in [2.45, 2.75) is 83.1 Å². The monoisotopic (exact) mass is 290 g/mol. The van der Waals surface area contributed by atoms with E-state index in [1.807, 2.05) is 0 Å². The lowest BCUT2D eigenvalue weighted by Crippen LogP contribution is -2.54. The first-order valence-electron chi connectivity index (χ1n) is 9.21. The first kappa shape index (κ1) is 13.8. The largest absolute Gasteiger partial charge is 0.318 e. The Morgan fingerprint density at radius 1 is 0.850 bits per heavy atom. The highest BCUT2D eigenvalue weighted by atomic mass is 28.3. The summed E-state index contributed by atoms with van der Waals surface area (Å²) in [5.74, 6) is 4.17. The predicted molar refractivity (Wildman–Crippen MR) is 88.0 cm³/mol. The van der Waals surface area contributed by atoms with E-state index in [4.69, 9.17) is 0 Å². The van der Waals surface area contributed by atoms with Gasteiger partial charge in [0.2, 0.25) is 0 Å². The summed E-state index contributed by atoms with van der Waals surface area (Å²) in [4.78, 5) is 0. The maximum absolute atomic E-state index is 3.10. The van der Waals surface area contributed by atoms with E-state index in [9.17, 15) is 0 Å². The van der Waals surface area contributed by atoms with Crippen molar-refractivity contribution < 1.29 is 0 Å². The minimum Gasteiger partial charge on any atom is -0.318 e. The molecule has 0 N–H and O–H groups in total. The number of rotatable bonds is 1. The molecule has 4 aliphatic rings. The van der Waals surface area contributed by atoms with Crippen LogP contribution in [-0.2, 0) is 0 Å². The van der Waals surface area contributed by atoms with Crippen LogP contribution in [0.4, 0.5) is 0 Å². The SMILES string of the molecule is C[Si](C)(C)N1C2[CH]C3CCCCC3C2C2CCCCC21.